The molecule has 0 fully saturated rings. The van der Waals surface area contributed by atoms with Gasteiger partial charge in [-0.15, -0.1) is 0 Å². The summed E-state index contributed by atoms with van der Waals surface area (Å²) < 4.78 is 32.5. The summed E-state index contributed by atoms with van der Waals surface area (Å²) in [5.41, 5.74) is 2.52. The van der Waals surface area contributed by atoms with Crippen molar-refractivity contribution in [2.45, 2.75) is 37.8 Å². The van der Waals surface area contributed by atoms with E-state index in [1.54, 1.807) is 37.3 Å². The Bertz CT molecular complexity index is 972. The normalized spacial score (nSPS) is 16.5. The molecule has 0 aliphatic carbocycles. The van der Waals surface area contributed by atoms with Crippen molar-refractivity contribution in [1.29, 1.82) is 0 Å². The third-order valence-corrected chi connectivity index (χ3v) is 6.65. The number of methoxy groups -OCH3 is 1. The number of hydrogen-bond acceptors (Lipinski definition) is 4. The number of benzene rings is 2. The zero-order valence-electron chi connectivity index (χ0n) is 16.0. The number of nitrogens with zero attached hydrogens (tertiary/aromatic N) is 2. The van der Waals surface area contributed by atoms with E-state index in [1.807, 2.05) is 31.2 Å². The highest BCUT2D eigenvalue weighted by atomic mass is 32.2. The molecule has 1 aliphatic heterocycles. The number of anilines is 1. The highest BCUT2D eigenvalue weighted by molar-refractivity contribution is 7.89. The molecule has 1 heterocycles. The monoisotopic (exact) mass is 388 g/mol. The lowest BCUT2D eigenvalue weighted by atomic mass is 10.1. The summed E-state index contributed by atoms with van der Waals surface area (Å²) in [6.07, 6.45) is 0.651. The first-order chi connectivity index (χ1) is 12.7. The Morgan fingerprint density at radius 3 is 2.67 bits per heavy atom. The second-order valence-electron chi connectivity index (χ2n) is 6.85. The van der Waals surface area contributed by atoms with E-state index in [0.717, 1.165) is 16.8 Å². The number of carbonyl (C=O) groups excluding carboxylic acids is 1. The molecule has 6 nitrogen and oxygen atoms in total. The van der Waals surface area contributed by atoms with E-state index in [0.29, 0.717) is 12.2 Å². The third kappa shape index (κ3) is 3.70. The summed E-state index contributed by atoms with van der Waals surface area (Å²) in [7, 11) is -0.504. The third-order valence-electron chi connectivity index (χ3n) is 4.85. The highest BCUT2D eigenvalue weighted by Gasteiger charge is 2.31. The lowest BCUT2D eigenvalue weighted by Crippen LogP contribution is -2.33. The molecule has 2 aromatic carbocycles. The van der Waals surface area contributed by atoms with Gasteiger partial charge in [0, 0.05) is 32.2 Å². The predicted octanol–water partition coefficient (Wildman–Crippen LogP) is 2.81. The Hall–Kier alpha value is -2.38. The maximum absolute atomic E-state index is 13.0. The van der Waals surface area contributed by atoms with Crippen molar-refractivity contribution in [2.75, 3.05) is 19.1 Å². The number of fused-ring (bicyclic) bond motifs is 1. The van der Waals surface area contributed by atoms with Crippen molar-refractivity contribution in [3.05, 3.63) is 53.6 Å². The Balaban J connectivity index is 1.87. The first-order valence-corrected chi connectivity index (χ1v) is 10.2. The first kappa shape index (κ1) is 19.4. The van der Waals surface area contributed by atoms with Gasteiger partial charge in [-0.25, -0.2) is 8.42 Å². The van der Waals surface area contributed by atoms with Crippen molar-refractivity contribution in [1.82, 2.24) is 4.31 Å². The summed E-state index contributed by atoms with van der Waals surface area (Å²) in [4.78, 5) is 13.8. The van der Waals surface area contributed by atoms with Crippen molar-refractivity contribution in [3.8, 4) is 5.75 Å². The van der Waals surface area contributed by atoms with E-state index in [1.165, 1.54) is 11.2 Å². The molecule has 0 bridgehead atoms. The number of carbonyl (C=O) groups is 1. The summed E-state index contributed by atoms with van der Waals surface area (Å²) >= 11 is 0. The SMILES string of the molecule is COc1cccc(CN(C)S(=O)(=O)c2ccc3c(c2)CC(C)N3C(C)=O)c1. The molecule has 0 spiro atoms. The van der Waals surface area contributed by atoms with Crippen LogP contribution in [0.2, 0.25) is 0 Å². The Morgan fingerprint density at radius 2 is 2.00 bits per heavy atom. The summed E-state index contributed by atoms with van der Waals surface area (Å²) in [6, 6.07) is 12.4. The molecule has 0 N–H and O–H groups in total. The fourth-order valence-corrected chi connectivity index (χ4v) is 4.75. The van der Waals surface area contributed by atoms with Crippen LogP contribution in [0.1, 0.15) is 25.0 Å². The van der Waals surface area contributed by atoms with Gasteiger partial charge < -0.3 is 9.64 Å². The quantitative estimate of drug-likeness (QED) is 0.790. The molecular weight excluding hydrogens is 364 g/mol. The molecule has 1 aliphatic rings. The molecule has 0 saturated carbocycles. The maximum atomic E-state index is 13.0. The van der Waals surface area contributed by atoms with E-state index < -0.39 is 10.0 Å². The van der Waals surface area contributed by atoms with Crippen LogP contribution in [0, 0.1) is 0 Å². The van der Waals surface area contributed by atoms with E-state index >= 15 is 0 Å². The van der Waals surface area contributed by atoms with Crippen LogP contribution in [0.4, 0.5) is 5.69 Å². The molecule has 0 aromatic heterocycles. The average molecular weight is 388 g/mol. The van der Waals surface area contributed by atoms with E-state index in [4.69, 9.17) is 4.74 Å². The Morgan fingerprint density at radius 1 is 1.26 bits per heavy atom. The van der Waals surface area contributed by atoms with Gasteiger partial charge in [0.2, 0.25) is 15.9 Å². The van der Waals surface area contributed by atoms with Crippen LogP contribution in [-0.2, 0) is 27.8 Å². The van der Waals surface area contributed by atoms with Crippen molar-refractivity contribution >= 4 is 21.6 Å². The van der Waals surface area contributed by atoms with Gasteiger partial charge in [0.1, 0.15) is 5.75 Å². The van der Waals surface area contributed by atoms with Crippen LogP contribution in [0.5, 0.6) is 5.75 Å². The Kier molecular flexibility index (Phi) is 5.26. The highest BCUT2D eigenvalue weighted by Crippen LogP contribution is 2.34. The lowest BCUT2D eigenvalue weighted by molar-refractivity contribution is -0.116. The molecule has 27 heavy (non-hydrogen) atoms. The molecule has 0 radical (unpaired) electrons. The number of sulfonamides is 1. The first-order valence-electron chi connectivity index (χ1n) is 8.76. The second kappa shape index (κ2) is 7.32. The van der Waals surface area contributed by atoms with Gasteiger partial charge in [-0.1, -0.05) is 12.1 Å². The van der Waals surface area contributed by atoms with E-state index in [9.17, 15) is 13.2 Å². The van der Waals surface area contributed by atoms with Crippen LogP contribution in [-0.4, -0.2) is 38.8 Å². The summed E-state index contributed by atoms with van der Waals surface area (Å²) in [6.45, 7) is 3.73. The fraction of sp³-hybridized carbons (Fsp3) is 0.350. The minimum Gasteiger partial charge on any atom is -0.497 e. The number of ether oxygens (including phenoxy) is 1. The molecule has 2 aromatic rings. The minimum atomic E-state index is -3.64. The predicted molar refractivity (Wildman–Crippen MR) is 104 cm³/mol. The largest absolute Gasteiger partial charge is 0.497 e. The van der Waals surface area contributed by atoms with Gasteiger partial charge in [-0.05, 0) is 54.8 Å². The van der Waals surface area contributed by atoms with Crippen LogP contribution in [0.3, 0.4) is 0 Å². The molecule has 7 heteroatoms. The van der Waals surface area contributed by atoms with Crippen molar-refractivity contribution in [3.63, 3.8) is 0 Å². The van der Waals surface area contributed by atoms with E-state index in [2.05, 4.69) is 0 Å². The summed E-state index contributed by atoms with van der Waals surface area (Å²) in [5, 5.41) is 0. The minimum absolute atomic E-state index is 0.0324. The van der Waals surface area contributed by atoms with Crippen LogP contribution < -0.4 is 9.64 Å². The summed E-state index contributed by atoms with van der Waals surface area (Å²) in [5.74, 6) is 0.654. The second-order valence-corrected chi connectivity index (χ2v) is 8.89. The topological polar surface area (TPSA) is 66.9 Å². The molecule has 1 unspecified atom stereocenters. The fourth-order valence-electron chi connectivity index (χ4n) is 3.54. The van der Waals surface area contributed by atoms with Gasteiger partial charge in [-0.3, -0.25) is 4.79 Å². The van der Waals surface area contributed by atoms with E-state index in [-0.39, 0.29) is 23.4 Å². The molecule has 1 atom stereocenters. The molecule has 1 amide bonds. The molecular formula is C20H24N2O4S. The average Bonchev–Trinajstić information content (AvgIpc) is 2.96. The standard InChI is InChI=1S/C20H24N2O4S/c1-14-10-17-12-19(8-9-20(17)22(14)15(2)23)27(24,25)21(3)13-16-6-5-7-18(11-16)26-4/h5-9,11-12,14H,10,13H2,1-4H3. The van der Waals surface area contributed by atoms with Crippen molar-refractivity contribution < 1.29 is 17.9 Å². The molecule has 0 saturated heterocycles. The van der Waals surface area contributed by atoms with Crippen LogP contribution in [0.25, 0.3) is 0 Å². The molecule has 3 rings (SSSR count). The number of hydrogen-bond donors (Lipinski definition) is 0. The van der Waals surface area contributed by atoms with Crippen LogP contribution in [0.15, 0.2) is 47.4 Å². The zero-order chi connectivity index (χ0) is 19.8. The lowest BCUT2D eigenvalue weighted by Gasteiger charge is -2.21. The molecule has 144 valence electrons. The van der Waals surface area contributed by atoms with Crippen molar-refractivity contribution in [2.24, 2.45) is 0 Å². The van der Waals surface area contributed by atoms with Crippen LogP contribution >= 0.6 is 0 Å². The van der Waals surface area contributed by atoms with Gasteiger partial charge in [-0.2, -0.15) is 4.31 Å². The van der Waals surface area contributed by atoms with Gasteiger partial charge in [0.25, 0.3) is 0 Å². The smallest absolute Gasteiger partial charge is 0.243 e. The number of rotatable bonds is 5. The van der Waals surface area contributed by atoms with Gasteiger partial charge in [0.15, 0.2) is 0 Å². The maximum Gasteiger partial charge on any atom is 0.243 e. The Labute approximate surface area is 160 Å². The number of amides is 1. The van der Waals surface area contributed by atoms with Gasteiger partial charge >= 0.3 is 0 Å². The zero-order valence-corrected chi connectivity index (χ0v) is 16.8. The van der Waals surface area contributed by atoms with Gasteiger partial charge in [0.05, 0.1) is 12.0 Å².